The van der Waals surface area contributed by atoms with Crippen molar-refractivity contribution in [2.24, 2.45) is 5.92 Å². The van der Waals surface area contributed by atoms with E-state index in [0.717, 1.165) is 34.8 Å². The summed E-state index contributed by atoms with van der Waals surface area (Å²) in [7, 11) is 0. The molecular weight excluding hydrogens is 375 g/mol. The lowest BCUT2D eigenvalue weighted by Gasteiger charge is -2.30. The topological polar surface area (TPSA) is 49.4 Å². The van der Waals surface area contributed by atoms with Crippen molar-refractivity contribution in [3.8, 4) is 0 Å². The average Bonchev–Trinajstić information content (AvgIpc) is 2.66. The van der Waals surface area contributed by atoms with Crippen molar-refractivity contribution >= 4 is 35.0 Å². The van der Waals surface area contributed by atoms with Crippen molar-refractivity contribution in [2.75, 3.05) is 22.5 Å². The summed E-state index contributed by atoms with van der Waals surface area (Å²) >= 11 is 1.36. The molecule has 0 aliphatic carbocycles. The number of carbonyl (C=O) groups is 2. The van der Waals surface area contributed by atoms with Gasteiger partial charge in [0.05, 0.1) is 5.75 Å². The molecule has 6 heteroatoms. The van der Waals surface area contributed by atoms with E-state index in [9.17, 15) is 14.0 Å². The third-order valence-electron chi connectivity index (χ3n) is 4.68. The van der Waals surface area contributed by atoms with Gasteiger partial charge in [0.2, 0.25) is 11.8 Å². The van der Waals surface area contributed by atoms with Crippen molar-refractivity contribution < 1.29 is 14.0 Å². The number of carbonyl (C=O) groups excluding carboxylic acids is 2. The van der Waals surface area contributed by atoms with Gasteiger partial charge >= 0.3 is 0 Å². The lowest BCUT2D eigenvalue weighted by Crippen LogP contribution is -2.36. The highest BCUT2D eigenvalue weighted by Crippen LogP contribution is 2.31. The number of nitrogens with zero attached hydrogens (tertiary/aromatic N) is 1. The molecule has 28 heavy (non-hydrogen) atoms. The molecule has 0 spiro atoms. The van der Waals surface area contributed by atoms with Crippen molar-refractivity contribution in [1.82, 2.24) is 0 Å². The number of hydrogen-bond donors (Lipinski definition) is 1. The number of halogens is 1. The summed E-state index contributed by atoms with van der Waals surface area (Å²) in [4.78, 5) is 27.3. The van der Waals surface area contributed by atoms with Crippen molar-refractivity contribution in [3.05, 3.63) is 53.8 Å². The fourth-order valence-corrected chi connectivity index (χ4v) is 3.85. The van der Waals surface area contributed by atoms with E-state index in [1.807, 2.05) is 23.1 Å². The lowest BCUT2D eigenvalue weighted by atomic mass is 9.99. The minimum atomic E-state index is -0.288. The van der Waals surface area contributed by atoms with Crippen molar-refractivity contribution in [2.45, 2.75) is 38.0 Å². The molecule has 0 fully saturated rings. The van der Waals surface area contributed by atoms with E-state index in [1.165, 1.54) is 23.9 Å². The van der Waals surface area contributed by atoms with Crippen LogP contribution >= 0.6 is 11.8 Å². The number of thioether (sulfide) groups is 1. The molecule has 0 atom stereocenters. The van der Waals surface area contributed by atoms with E-state index in [2.05, 4.69) is 19.2 Å². The van der Waals surface area contributed by atoms with Gasteiger partial charge in [0.15, 0.2) is 0 Å². The van der Waals surface area contributed by atoms with Gasteiger partial charge in [0.25, 0.3) is 0 Å². The molecule has 0 bridgehead atoms. The van der Waals surface area contributed by atoms with E-state index in [-0.39, 0.29) is 23.4 Å². The molecule has 2 aromatic rings. The second-order valence-corrected chi connectivity index (χ2v) is 8.41. The Labute approximate surface area is 169 Å². The maximum Gasteiger partial charge on any atom is 0.234 e. The highest BCUT2D eigenvalue weighted by atomic mass is 32.2. The summed E-state index contributed by atoms with van der Waals surface area (Å²) in [6, 6.07) is 11.8. The average molecular weight is 401 g/mol. The number of benzene rings is 2. The zero-order valence-corrected chi connectivity index (χ0v) is 17.0. The van der Waals surface area contributed by atoms with Crippen LogP contribution in [-0.4, -0.2) is 24.1 Å². The number of anilines is 2. The molecule has 1 aliphatic rings. The van der Waals surface area contributed by atoms with Crippen LogP contribution in [0.5, 0.6) is 0 Å². The minimum absolute atomic E-state index is 0.113. The number of aryl methyl sites for hydroxylation is 1. The summed E-state index contributed by atoms with van der Waals surface area (Å²) in [6.45, 7) is 5.03. The number of rotatable bonds is 7. The smallest absolute Gasteiger partial charge is 0.234 e. The van der Waals surface area contributed by atoms with Crippen LogP contribution in [0.25, 0.3) is 0 Å². The summed E-state index contributed by atoms with van der Waals surface area (Å²) in [5.74, 6) is 0.555. The van der Waals surface area contributed by atoms with Crippen molar-refractivity contribution in [3.63, 3.8) is 0 Å². The molecule has 3 rings (SSSR count). The van der Waals surface area contributed by atoms with Crippen LogP contribution in [0, 0.1) is 11.7 Å². The van der Waals surface area contributed by atoms with Gasteiger partial charge in [-0.1, -0.05) is 13.8 Å². The van der Waals surface area contributed by atoms with Gasteiger partial charge in [-0.3, -0.25) is 9.59 Å². The van der Waals surface area contributed by atoms with E-state index >= 15 is 0 Å². The lowest BCUT2D eigenvalue weighted by molar-refractivity contribution is -0.119. The van der Waals surface area contributed by atoms with E-state index in [1.54, 1.807) is 12.1 Å². The second-order valence-electron chi connectivity index (χ2n) is 7.36. The first-order valence-corrected chi connectivity index (χ1v) is 10.5. The Morgan fingerprint density at radius 2 is 1.93 bits per heavy atom. The number of amides is 2. The summed E-state index contributed by atoms with van der Waals surface area (Å²) in [5.41, 5.74) is 2.78. The third-order valence-corrected chi connectivity index (χ3v) is 5.69. The van der Waals surface area contributed by atoms with Crippen LogP contribution in [-0.2, 0) is 16.0 Å². The van der Waals surface area contributed by atoms with Gasteiger partial charge in [-0.05, 0) is 66.8 Å². The quantitative estimate of drug-likeness (QED) is 0.674. The van der Waals surface area contributed by atoms with Gasteiger partial charge in [0.1, 0.15) is 5.82 Å². The summed E-state index contributed by atoms with van der Waals surface area (Å²) < 4.78 is 12.9. The van der Waals surface area contributed by atoms with Crippen LogP contribution in [0.15, 0.2) is 47.4 Å². The van der Waals surface area contributed by atoms with Crippen LogP contribution in [0.1, 0.15) is 32.3 Å². The molecule has 0 aromatic heterocycles. The molecule has 1 N–H and O–H groups in total. The van der Waals surface area contributed by atoms with E-state index in [4.69, 9.17) is 0 Å². The highest BCUT2D eigenvalue weighted by molar-refractivity contribution is 8.00. The summed E-state index contributed by atoms with van der Waals surface area (Å²) in [6.07, 6.45) is 2.16. The Morgan fingerprint density at radius 1 is 1.18 bits per heavy atom. The fraction of sp³-hybridized carbons (Fsp3) is 0.364. The Hall–Kier alpha value is -2.34. The number of fused-ring (bicyclic) bond motifs is 1. The van der Waals surface area contributed by atoms with E-state index in [0.29, 0.717) is 18.8 Å². The Kier molecular flexibility index (Phi) is 6.73. The van der Waals surface area contributed by atoms with Gasteiger partial charge in [-0.25, -0.2) is 4.39 Å². The van der Waals surface area contributed by atoms with Crippen LogP contribution in [0.3, 0.4) is 0 Å². The standard InChI is InChI=1S/C22H25FN2O2S/c1-15(2)11-12-25-20-9-6-18(13-16(20)3-10-22(25)27)24-21(26)14-28-19-7-4-17(23)5-8-19/h4-9,13,15H,3,10-12,14H2,1-2H3,(H,24,26). The van der Waals surface area contributed by atoms with Crippen LogP contribution < -0.4 is 10.2 Å². The molecule has 1 aliphatic heterocycles. The largest absolute Gasteiger partial charge is 0.325 e. The van der Waals surface area contributed by atoms with Gasteiger partial charge in [0, 0.05) is 29.2 Å². The summed E-state index contributed by atoms with van der Waals surface area (Å²) in [5, 5.41) is 2.91. The zero-order chi connectivity index (χ0) is 20.1. The minimum Gasteiger partial charge on any atom is -0.325 e. The van der Waals surface area contributed by atoms with E-state index < -0.39 is 0 Å². The maximum absolute atomic E-state index is 12.9. The molecule has 2 aromatic carbocycles. The highest BCUT2D eigenvalue weighted by Gasteiger charge is 2.24. The predicted molar refractivity (Wildman–Crippen MR) is 112 cm³/mol. The molecule has 4 nitrogen and oxygen atoms in total. The molecule has 0 radical (unpaired) electrons. The number of hydrogen-bond acceptors (Lipinski definition) is 3. The molecule has 2 amide bonds. The third kappa shape index (κ3) is 5.35. The molecular formula is C22H25FN2O2S. The predicted octanol–water partition coefficient (Wildman–Crippen LogP) is 4.88. The Balaban J connectivity index is 1.62. The SMILES string of the molecule is CC(C)CCN1C(=O)CCc2cc(NC(=O)CSc3ccc(F)cc3)ccc21. The Morgan fingerprint density at radius 3 is 2.64 bits per heavy atom. The first kappa shape index (κ1) is 20.4. The molecule has 0 saturated carbocycles. The second kappa shape index (κ2) is 9.24. The monoisotopic (exact) mass is 400 g/mol. The first-order chi connectivity index (χ1) is 13.4. The zero-order valence-electron chi connectivity index (χ0n) is 16.2. The maximum atomic E-state index is 12.9. The molecule has 0 unspecified atom stereocenters. The van der Waals surface area contributed by atoms with Crippen LogP contribution in [0.4, 0.5) is 15.8 Å². The normalized spacial score (nSPS) is 13.6. The molecule has 0 saturated heterocycles. The first-order valence-electron chi connectivity index (χ1n) is 9.54. The molecule has 1 heterocycles. The van der Waals surface area contributed by atoms with Gasteiger partial charge < -0.3 is 10.2 Å². The Bertz CT molecular complexity index is 852. The fourth-order valence-electron chi connectivity index (χ4n) is 3.15. The number of nitrogens with one attached hydrogen (secondary N) is 1. The van der Waals surface area contributed by atoms with Gasteiger partial charge in [-0.15, -0.1) is 11.8 Å². The van der Waals surface area contributed by atoms with Gasteiger partial charge in [-0.2, -0.15) is 0 Å². The van der Waals surface area contributed by atoms with Crippen molar-refractivity contribution in [1.29, 1.82) is 0 Å². The van der Waals surface area contributed by atoms with Crippen LogP contribution in [0.2, 0.25) is 0 Å². The molecule has 148 valence electrons.